The first-order chi connectivity index (χ1) is 7.26. The molecule has 0 aliphatic carbocycles. The highest BCUT2D eigenvalue weighted by atomic mass is 79.9. The molecule has 16 heavy (non-hydrogen) atoms. The van der Waals surface area contributed by atoms with Crippen LogP contribution in [0.15, 0.2) is 10.5 Å². The second-order valence-corrected chi connectivity index (χ2v) is 6.49. The maximum absolute atomic E-state index is 13.5. The molecule has 1 rings (SSSR count). The molecule has 0 N–H and O–H groups in total. The second kappa shape index (κ2) is 4.85. The van der Waals surface area contributed by atoms with Crippen LogP contribution in [0, 0.1) is 11.6 Å². The van der Waals surface area contributed by atoms with Crippen LogP contribution in [-0.4, -0.2) is 15.5 Å². The summed E-state index contributed by atoms with van der Waals surface area (Å²) in [5.74, 6) is -3.40. The van der Waals surface area contributed by atoms with Crippen molar-refractivity contribution in [2.75, 3.05) is 7.11 Å². The monoisotopic (exact) mass is 334 g/mol. The summed E-state index contributed by atoms with van der Waals surface area (Å²) in [7, 11) is 2.14. The van der Waals surface area contributed by atoms with Gasteiger partial charge in [-0.3, -0.25) is 0 Å². The average Bonchev–Trinajstić information content (AvgIpc) is 2.13. The van der Waals surface area contributed by atoms with Gasteiger partial charge in [0.05, 0.1) is 17.3 Å². The summed E-state index contributed by atoms with van der Waals surface area (Å²) in [4.78, 5) is 0. The summed E-state index contributed by atoms with van der Waals surface area (Å²) >= 11 is 2.82. The van der Waals surface area contributed by atoms with Gasteiger partial charge in [0.2, 0.25) is 9.05 Å². The predicted octanol–water partition coefficient (Wildman–Crippen LogP) is 2.80. The van der Waals surface area contributed by atoms with Crippen molar-refractivity contribution in [3.63, 3.8) is 0 Å². The molecule has 0 amide bonds. The fourth-order valence-corrected chi connectivity index (χ4v) is 2.49. The topological polar surface area (TPSA) is 43.4 Å². The third-order valence-electron chi connectivity index (χ3n) is 1.72. The lowest BCUT2D eigenvalue weighted by molar-refractivity contribution is 0.357. The molecule has 0 heterocycles. The van der Waals surface area contributed by atoms with Crippen molar-refractivity contribution < 1.29 is 21.9 Å². The summed E-state index contributed by atoms with van der Waals surface area (Å²) in [6, 6.07) is 1.01. The van der Waals surface area contributed by atoms with Crippen LogP contribution in [0.1, 0.15) is 5.56 Å². The number of methoxy groups -OCH3 is 1. The Morgan fingerprint density at radius 2 is 2.00 bits per heavy atom. The van der Waals surface area contributed by atoms with Crippen molar-refractivity contribution in [3.8, 4) is 5.75 Å². The Hall–Kier alpha value is -0.400. The number of ether oxygens (including phenoxy) is 1. The van der Waals surface area contributed by atoms with Gasteiger partial charge in [0.1, 0.15) is 0 Å². The number of hydrogen-bond donors (Lipinski definition) is 0. The summed E-state index contributed by atoms with van der Waals surface area (Å²) in [5, 5.41) is 0. The Balaban J connectivity index is 3.37. The van der Waals surface area contributed by atoms with Crippen molar-refractivity contribution in [1.29, 1.82) is 0 Å². The molecule has 0 unspecified atom stereocenters. The average molecular weight is 336 g/mol. The summed E-state index contributed by atoms with van der Waals surface area (Å²) < 4.78 is 52.8. The molecule has 0 atom stereocenters. The van der Waals surface area contributed by atoms with E-state index in [9.17, 15) is 17.2 Å². The third-order valence-corrected chi connectivity index (χ3v) is 3.28. The van der Waals surface area contributed by atoms with E-state index in [4.69, 9.17) is 10.7 Å². The van der Waals surface area contributed by atoms with E-state index in [-0.39, 0.29) is 10.0 Å². The molecule has 1 aromatic carbocycles. The lowest BCUT2D eigenvalue weighted by Crippen LogP contribution is -2.03. The molecule has 0 aromatic heterocycles. The maximum Gasteiger partial charge on any atom is 0.236 e. The van der Waals surface area contributed by atoms with Crippen LogP contribution in [0.5, 0.6) is 5.75 Å². The number of hydrogen-bond acceptors (Lipinski definition) is 3. The maximum atomic E-state index is 13.5. The van der Waals surface area contributed by atoms with Crippen LogP contribution >= 0.6 is 26.6 Å². The lowest BCUT2D eigenvalue weighted by Gasteiger charge is -2.09. The number of rotatable bonds is 3. The van der Waals surface area contributed by atoms with Crippen molar-refractivity contribution in [2.45, 2.75) is 5.75 Å². The van der Waals surface area contributed by atoms with E-state index in [1.807, 2.05) is 0 Å². The van der Waals surface area contributed by atoms with Gasteiger partial charge in [-0.2, -0.15) is 0 Å². The fraction of sp³-hybridized carbons (Fsp3) is 0.250. The highest BCUT2D eigenvalue weighted by Crippen LogP contribution is 2.32. The minimum atomic E-state index is -3.92. The largest absolute Gasteiger partial charge is 0.491 e. The van der Waals surface area contributed by atoms with E-state index in [0.29, 0.717) is 0 Å². The quantitative estimate of drug-likeness (QED) is 0.630. The minimum absolute atomic E-state index is 0.0962. The zero-order valence-corrected chi connectivity index (χ0v) is 11.1. The summed E-state index contributed by atoms with van der Waals surface area (Å²) in [6.07, 6.45) is 0. The number of benzene rings is 1. The molecule has 1 aromatic rings. The van der Waals surface area contributed by atoms with Gasteiger partial charge >= 0.3 is 0 Å². The Morgan fingerprint density at radius 1 is 1.44 bits per heavy atom. The van der Waals surface area contributed by atoms with E-state index in [1.54, 1.807) is 0 Å². The van der Waals surface area contributed by atoms with Gasteiger partial charge in [0.25, 0.3) is 0 Å². The fourth-order valence-electron chi connectivity index (χ4n) is 1.10. The highest BCUT2D eigenvalue weighted by molar-refractivity contribution is 9.10. The molecule has 0 saturated heterocycles. The smallest absolute Gasteiger partial charge is 0.236 e. The molecule has 8 heteroatoms. The van der Waals surface area contributed by atoms with E-state index < -0.39 is 32.2 Å². The van der Waals surface area contributed by atoms with Crippen LogP contribution < -0.4 is 4.74 Å². The van der Waals surface area contributed by atoms with Gasteiger partial charge in [0, 0.05) is 16.2 Å². The van der Waals surface area contributed by atoms with E-state index in [2.05, 4.69) is 20.7 Å². The van der Waals surface area contributed by atoms with Crippen molar-refractivity contribution in [2.24, 2.45) is 0 Å². The van der Waals surface area contributed by atoms with Crippen LogP contribution in [0.2, 0.25) is 0 Å². The lowest BCUT2D eigenvalue weighted by atomic mass is 10.2. The zero-order chi connectivity index (χ0) is 12.5. The second-order valence-electron chi connectivity index (χ2n) is 2.86. The Kier molecular flexibility index (Phi) is 4.14. The molecular formula is C8H6BrClF2O3S. The first-order valence-electron chi connectivity index (χ1n) is 3.89. The van der Waals surface area contributed by atoms with Crippen molar-refractivity contribution in [3.05, 3.63) is 27.7 Å². The molecule has 0 radical (unpaired) electrons. The van der Waals surface area contributed by atoms with Crippen LogP contribution in [0.3, 0.4) is 0 Å². The Bertz CT molecular complexity index is 519. The van der Waals surface area contributed by atoms with Crippen LogP contribution in [-0.2, 0) is 14.8 Å². The molecule has 0 aliphatic rings. The molecule has 0 aliphatic heterocycles. The summed E-state index contributed by atoms with van der Waals surface area (Å²) in [5.41, 5.74) is -0.264. The van der Waals surface area contributed by atoms with Gasteiger partial charge in [-0.05, 0) is 22.0 Å². The van der Waals surface area contributed by atoms with Crippen molar-refractivity contribution >= 4 is 35.7 Å². The van der Waals surface area contributed by atoms with Crippen LogP contribution in [0.25, 0.3) is 0 Å². The van der Waals surface area contributed by atoms with E-state index in [0.717, 1.165) is 13.2 Å². The third kappa shape index (κ3) is 3.05. The molecular weight excluding hydrogens is 330 g/mol. The SMILES string of the molecule is COc1c(F)c(Br)cc(CS(=O)(=O)Cl)c1F. The molecule has 0 fully saturated rings. The van der Waals surface area contributed by atoms with Gasteiger partial charge < -0.3 is 4.74 Å². The molecule has 0 saturated carbocycles. The van der Waals surface area contributed by atoms with Crippen LogP contribution in [0.4, 0.5) is 8.78 Å². The molecule has 0 bridgehead atoms. The number of halogens is 4. The summed E-state index contributed by atoms with van der Waals surface area (Å²) in [6.45, 7) is 0. The van der Waals surface area contributed by atoms with Crippen molar-refractivity contribution in [1.82, 2.24) is 0 Å². The first-order valence-corrected chi connectivity index (χ1v) is 7.16. The zero-order valence-electron chi connectivity index (χ0n) is 7.93. The van der Waals surface area contributed by atoms with Gasteiger partial charge in [-0.1, -0.05) is 0 Å². The Labute approximate surface area is 104 Å². The minimum Gasteiger partial charge on any atom is -0.491 e. The first kappa shape index (κ1) is 13.7. The van der Waals surface area contributed by atoms with Gasteiger partial charge in [-0.15, -0.1) is 0 Å². The molecule has 3 nitrogen and oxygen atoms in total. The molecule has 0 spiro atoms. The standard InChI is InChI=1S/C8H6BrClF2O3S/c1-15-8-6(11)4(3-16(10,13)14)2-5(9)7(8)12/h2H,3H2,1H3. The van der Waals surface area contributed by atoms with E-state index in [1.165, 1.54) is 0 Å². The highest BCUT2D eigenvalue weighted by Gasteiger charge is 2.21. The normalized spacial score (nSPS) is 11.6. The Morgan fingerprint density at radius 3 is 2.44 bits per heavy atom. The van der Waals surface area contributed by atoms with Gasteiger partial charge in [-0.25, -0.2) is 17.2 Å². The van der Waals surface area contributed by atoms with Gasteiger partial charge in [0.15, 0.2) is 17.4 Å². The predicted molar refractivity (Wildman–Crippen MR) is 59.1 cm³/mol. The molecule has 90 valence electrons. The van der Waals surface area contributed by atoms with E-state index >= 15 is 0 Å².